The first-order valence-corrected chi connectivity index (χ1v) is 6.65. The maximum absolute atomic E-state index is 11.7. The molecule has 1 unspecified atom stereocenters. The third kappa shape index (κ3) is 4.61. The highest BCUT2D eigenvalue weighted by atomic mass is 16.5. The maximum atomic E-state index is 11.7. The minimum atomic E-state index is -0.831. The molecule has 2 aromatic rings. The highest BCUT2D eigenvalue weighted by molar-refractivity contribution is 5.76. The van der Waals surface area contributed by atoms with Crippen LogP contribution in [0.5, 0.6) is 5.75 Å². The van der Waals surface area contributed by atoms with Crippen LogP contribution in [0.15, 0.2) is 41.3 Å². The van der Waals surface area contributed by atoms with Crippen LogP contribution in [0.25, 0.3) is 0 Å². The van der Waals surface area contributed by atoms with Gasteiger partial charge in [0.15, 0.2) is 0 Å². The molecule has 0 saturated heterocycles. The first-order chi connectivity index (χ1) is 10.2. The Morgan fingerprint density at radius 2 is 2.38 bits per heavy atom. The number of methoxy groups -OCH3 is 1. The van der Waals surface area contributed by atoms with Gasteiger partial charge in [-0.3, -0.25) is 9.78 Å². The second-order valence-corrected chi connectivity index (χ2v) is 4.57. The Bertz CT molecular complexity index is 569. The minimum absolute atomic E-state index is 0.128. The first kappa shape index (κ1) is 15.1. The molecule has 0 aromatic carbocycles. The Balaban J connectivity index is 1.74. The van der Waals surface area contributed by atoms with E-state index in [1.807, 2.05) is 6.07 Å². The number of carbonyl (C=O) groups excluding carboxylic acids is 1. The Kier molecular flexibility index (Phi) is 5.34. The van der Waals surface area contributed by atoms with E-state index < -0.39 is 6.10 Å². The number of aromatic nitrogens is 1. The number of hydrogen-bond donors (Lipinski definition) is 2. The number of aliphatic hydroxyl groups is 1. The van der Waals surface area contributed by atoms with Crippen LogP contribution in [-0.4, -0.2) is 29.7 Å². The zero-order valence-electron chi connectivity index (χ0n) is 11.8. The number of hydrogen-bond acceptors (Lipinski definition) is 5. The summed E-state index contributed by atoms with van der Waals surface area (Å²) in [7, 11) is 1.57. The molecule has 0 spiro atoms. The molecule has 0 radical (unpaired) electrons. The van der Waals surface area contributed by atoms with Gasteiger partial charge in [-0.1, -0.05) is 0 Å². The Hall–Kier alpha value is -2.34. The van der Waals surface area contributed by atoms with Crippen LogP contribution in [0.2, 0.25) is 0 Å². The van der Waals surface area contributed by atoms with E-state index >= 15 is 0 Å². The van der Waals surface area contributed by atoms with Crippen LogP contribution in [0, 0.1) is 0 Å². The van der Waals surface area contributed by atoms with Gasteiger partial charge in [0, 0.05) is 12.6 Å². The van der Waals surface area contributed by atoms with Gasteiger partial charge in [-0.25, -0.2) is 0 Å². The number of pyridine rings is 1. The molecule has 0 fully saturated rings. The van der Waals surface area contributed by atoms with E-state index in [1.165, 1.54) is 6.26 Å². The van der Waals surface area contributed by atoms with Crippen molar-refractivity contribution in [2.45, 2.75) is 18.9 Å². The van der Waals surface area contributed by atoms with Crippen molar-refractivity contribution >= 4 is 5.91 Å². The fourth-order valence-electron chi connectivity index (χ4n) is 1.85. The van der Waals surface area contributed by atoms with E-state index in [2.05, 4.69) is 10.3 Å². The molecule has 1 atom stereocenters. The van der Waals surface area contributed by atoms with E-state index in [0.29, 0.717) is 24.4 Å². The molecule has 0 saturated carbocycles. The van der Waals surface area contributed by atoms with E-state index in [9.17, 15) is 9.90 Å². The van der Waals surface area contributed by atoms with Gasteiger partial charge in [0.25, 0.3) is 0 Å². The molecule has 0 aliphatic carbocycles. The fourth-order valence-corrected chi connectivity index (χ4v) is 1.85. The summed E-state index contributed by atoms with van der Waals surface area (Å²) in [5.74, 6) is 0.969. The quantitative estimate of drug-likeness (QED) is 0.806. The van der Waals surface area contributed by atoms with Crippen LogP contribution < -0.4 is 10.1 Å². The summed E-state index contributed by atoms with van der Waals surface area (Å²) in [6.45, 7) is 0.128. The third-order valence-electron chi connectivity index (χ3n) is 3.01. The Morgan fingerprint density at radius 1 is 1.52 bits per heavy atom. The van der Waals surface area contributed by atoms with E-state index in [1.54, 1.807) is 31.6 Å². The van der Waals surface area contributed by atoms with Gasteiger partial charge in [-0.15, -0.1) is 0 Å². The summed E-state index contributed by atoms with van der Waals surface area (Å²) in [4.78, 5) is 15.8. The van der Waals surface area contributed by atoms with Crippen molar-refractivity contribution in [2.24, 2.45) is 0 Å². The molecule has 0 bridgehead atoms. The molecule has 2 heterocycles. The van der Waals surface area contributed by atoms with Crippen molar-refractivity contribution in [3.8, 4) is 5.75 Å². The fraction of sp³-hybridized carbons (Fsp3) is 0.333. The minimum Gasteiger partial charge on any atom is -0.495 e. The van der Waals surface area contributed by atoms with Gasteiger partial charge >= 0.3 is 0 Å². The molecule has 0 aliphatic rings. The molecule has 2 aromatic heterocycles. The van der Waals surface area contributed by atoms with E-state index in [-0.39, 0.29) is 12.5 Å². The summed E-state index contributed by atoms with van der Waals surface area (Å²) < 4.78 is 10.1. The predicted octanol–water partition coefficient (Wildman–Crippen LogP) is 1.47. The predicted molar refractivity (Wildman–Crippen MR) is 75.8 cm³/mol. The lowest BCUT2D eigenvalue weighted by molar-refractivity contribution is -0.121. The SMILES string of the molecule is COc1cncc(CCC(=O)NCC(O)c2ccco2)c1. The van der Waals surface area contributed by atoms with Gasteiger partial charge in [0.2, 0.25) is 5.91 Å². The normalized spacial score (nSPS) is 11.9. The van der Waals surface area contributed by atoms with Crippen molar-refractivity contribution in [3.05, 3.63) is 48.2 Å². The molecule has 6 heteroatoms. The van der Waals surface area contributed by atoms with Crippen molar-refractivity contribution < 1.29 is 19.1 Å². The van der Waals surface area contributed by atoms with Gasteiger partial charge < -0.3 is 19.6 Å². The highest BCUT2D eigenvalue weighted by Crippen LogP contribution is 2.13. The molecular weight excluding hydrogens is 272 g/mol. The second-order valence-electron chi connectivity index (χ2n) is 4.57. The van der Waals surface area contributed by atoms with Gasteiger partial charge in [-0.2, -0.15) is 0 Å². The van der Waals surface area contributed by atoms with Crippen LogP contribution >= 0.6 is 0 Å². The summed E-state index contributed by atoms with van der Waals surface area (Å²) in [5.41, 5.74) is 0.927. The van der Waals surface area contributed by atoms with Crippen molar-refractivity contribution in [3.63, 3.8) is 0 Å². The van der Waals surface area contributed by atoms with Gasteiger partial charge in [-0.05, 0) is 30.2 Å². The largest absolute Gasteiger partial charge is 0.495 e. The number of furan rings is 1. The monoisotopic (exact) mass is 290 g/mol. The zero-order valence-corrected chi connectivity index (χ0v) is 11.8. The number of nitrogens with one attached hydrogen (secondary N) is 1. The van der Waals surface area contributed by atoms with Gasteiger partial charge in [0.1, 0.15) is 17.6 Å². The number of carbonyl (C=O) groups is 1. The molecule has 2 N–H and O–H groups in total. The molecule has 1 amide bonds. The topological polar surface area (TPSA) is 84.6 Å². The van der Waals surface area contributed by atoms with Crippen molar-refractivity contribution in [1.29, 1.82) is 0 Å². The average Bonchev–Trinajstić information content (AvgIpc) is 3.05. The summed E-state index contributed by atoms with van der Waals surface area (Å²) in [6.07, 6.45) is 4.85. The van der Waals surface area contributed by atoms with Crippen LogP contribution in [0.3, 0.4) is 0 Å². The molecule has 112 valence electrons. The summed E-state index contributed by atoms with van der Waals surface area (Å²) in [6, 6.07) is 5.20. The number of ether oxygens (including phenoxy) is 1. The Morgan fingerprint density at radius 3 is 3.10 bits per heavy atom. The molecular formula is C15H18N2O4. The van der Waals surface area contributed by atoms with Gasteiger partial charge in [0.05, 0.1) is 26.1 Å². The van der Waals surface area contributed by atoms with Crippen LogP contribution in [0.1, 0.15) is 23.8 Å². The number of aliphatic hydroxyl groups excluding tert-OH is 1. The summed E-state index contributed by atoms with van der Waals surface area (Å²) >= 11 is 0. The first-order valence-electron chi connectivity index (χ1n) is 6.65. The molecule has 0 aliphatic heterocycles. The molecule has 2 rings (SSSR count). The molecule has 21 heavy (non-hydrogen) atoms. The van der Waals surface area contributed by atoms with Crippen LogP contribution in [-0.2, 0) is 11.2 Å². The number of rotatable bonds is 7. The van der Waals surface area contributed by atoms with Crippen molar-refractivity contribution in [2.75, 3.05) is 13.7 Å². The standard InChI is InChI=1S/C15H18N2O4/c1-20-12-7-11(8-16-9-12)4-5-15(19)17-10-13(18)14-3-2-6-21-14/h2-3,6-9,13,18H,4-5,10H2,1H3,(H,17,19). The number of aryl methyl sites for hydroxylation is 1. The molecule has 6 nitrogen and oxygen atoms in total. The van der Waals surface area contributed by atoms with Crippen molar-refractivity contribution in [1.82, 2.24) is 10.3 Å². The smallest absolute Gasteiger partial charge is 0.220 e. The average molecular weight is 290 g/mol. The summed E-state index contributed by atoms with van der Waals surface area (Å²) in [5, 5.41) is 12.4. The zero-order chi connectivity index (χ0) is 15.1. The Labute approximate surface area is 122 Å². The van der Waals surface area contributed by atoms with Crippen LogP contribution in [0.4, 0.5) is 0 Å². The second kappa shape index (κ2) is 7.44. The maximum Gasteiger partial charge on any atom is 0.220 e. The highest BCUT2D eigenvalue weighted by Gasteiger charge is 2.11. The lowest BCUT2D eigenvalue weighted by atomic mass is 10.1. The lowest BCUT2D eigenvalue weighted by Crippen LogP contribution is -2.28. The number of amides is 1. The number of nitrogens with zero attached hydrogens (tertiary/aromatic N) is 1. The third-order valence-corrected chi connectivity index (χ3v) is 3.01. The lowest BCUT2D eigenvalue weighted by Gasteiger charge is -2.09. The van der Waals surface area contributed by atoms with E-state index in [0.717, 1.165) is 5.56 Å². The van der Waals surface area contributed by atoms with E-state index in [4.69, 9.17) is 9.15 Å².